The van der Waals surface area contributed by atoms with Crippen molar-refractivity contribution in [3.8, 4) is 0 Å². The van der Waals surface area contributed by atoms with Crippen LogP contribution in [0.3, 0.4) is 0 Å². The lowest BCUT2D eigenvalue weighted by atomic mass is 9.90. The van der Waals surface area contributed by atoms with Crippen LogP contribution < -0.4 is 5.32 Å². The average Bonchev–Trinajstić information content (AvgIpc) is 3.05. The summed E-state index contributed by atoms with van der Waals surface area (Å²) in [7, 11) is 0. The molecule has 120 valence electrons. The van der Waals surface area contributed by atoms with Gasteiger partial charge in [0.25, 0.3) is 0 Å². The molecule has 3 aliphatic rings. The first-order valence-corrected chi connectivity index (χ1v) is 8.45. The zero-order valence-electron chi connectivity index (χ0n) is 13.3. The average molecular weight is 296 g/mol. The molecule has 0 bridgehead atoms. The Kier molecular flexibility index (Phi) is 4.41. The topological polar surface area (TPSA) is 50.8 Å². The number of urea groups is 1. The van der Waals surface area contributed by atoms with Crippen molar-refractivity contribution in [1.29, 1.82) is 0 Å². The highest BCUT2D eigenvalue weighted by Crippen LogP contribution is 2.36. The van der Waals surface area contributed by atoms with E-state index in [-0.39, 0.29) is 11.9 Å². The molecule has 0 aromatic rings. The summed E-state index contributed by atoms with van der Waals surface area (Å²) in [6.45, 7) is 7.15. The summed E-state index contributed by atoms with van der Waals surface area (Å²) in [6.07, 6.45) is 5.69. The standard InChI is InChI=1S/C16H28N2O3/c1-3-5-12-10-14(12)17-15(19)18-7-4-6-13(11-18)16(2)20-8-9-21-16/h12-14H,3-11H2,1-2H3,(H,17,19)/t12-,13-,14-/m1/s1. The molecule has 0 spiro atoms. The van der Waals surface area contributed by atoms with Crippen LogP contribution in [0.5, 0.6) is 0 Å². The summed E-state index contributed by atoms with van der Waals surface area (Å²) in [6, 6.07) is 0.511. The fourth-order valence-electron chi connectivity index (χ4n) is 3.72. The van der Waals surface area contributed by atoms with Gasteiger partial charge in [0.15, 0.2) is 5.79 Å². The predicted octanol–water partition coefficient (Wildman–Crippen LogP) is 2.36. The Hall–Kier alpha value is -0.810. The van der Waals surface area contributed by atoms with Crippen LogP contribution in [-0.4, -0.2) is 49.1 Å². The minimum atomic E-state index is -0.497. The normalized spacial score (nSPS) is 34.8. The molecule has 0 radical (unpaired) electrons. The summed E-state index contributed by atoms with van der Waals surface area (Å²) in [5.74, 6) is 0.493. The molecule has 0 aromatic heterocycles. The molecule has 3 atom stereocenters. The quantitative estimate of drug-likeness (QED) is 0.866. The number of rotatable bonds is 4. The summed E-state index contributed by atoms with van der Waals surface area (Å²) in [5, 5.41) is 3.19. The maximum Gasteiger partial charge on any atom is 0.317 e. The van der Waals surface area contributed by atoms with Gasteiger partial charge in [0, 0.05) is 25.0 Å². The van der Waals surface area contributed by atoms with E-state index in [2.05, 4.69) is 12.2 Å². The number of amides is 2. The molecule has 3 rings (SSSR count). The Bertz CT molecular complexity index is 382. The van der Waals surface area contributed by atoms with Gasteiger partial charge >= 0.3 is 6.03 Å². The summed E-state index contributed by atoms with van der Waals surface area (Å²) in [5.41, 5.74) is 0. The second kappa shape index (κ2) is 6.13. The fourth-order valence-corrected chi connectivity index (χ4v) is 3.72. The highest BCUT2D eigenvalue weighted by molar-refractivity contribution is 5.75. The third-order valence-corrected chi connectivity index (χ3v) is 5.20. The van der Waals surface area contributed by atoms with Crippen LogP contribution in [0.4, 0.5) is 4.79 Å². The highest BCUT2D eigenvalue weighted by atomic mass is 16.7. The molecule has 0 unspecified atom stereocenters. The van der Waals surface area contributed by atoms with Gasteiger partial charge < -0.3 is 19.7 Å². The number of hydrogen-bond acceptors (Lipinski definition) is 3. The van der Waals surface area contributed by atoms with Crippen LogP contribution in [0, 0.1) is 11.8 Å². The Balaban J connectivity index is 1.50. The zero-order valence-corrected chi connectivity index (χ0v) is 13.3. The number of ether oxygens (including phenoxy) is 2. The van der Waals surface area contributed by atoms with E-state index in [1.807, 2.05) is 11.8 Å². The molecule has 5 nitrogen and oxygen atoms in total. The Morgan fingerprint density at radius 1 is 1.38 bits per heavy atom. The maximum absolute atomic E-state index is 12.4. The maximum atomic E-state index is 12.4. The lowest BCUT2D eigenvalue weighted by molar-refractivity contribution is -0.189. The van der Waals surface area contributed by atoms with E-state index < -0.39 is 5.79 Å². The molecular weight excluding hydrogens is 268 g/mol. The lowest BCUT2D eigenvalue weighted by Gasteiger charge is -2.39. The van der Waals surface area contributed by atoms with Gasteiger partial charge in [-0.2, -0.15) is 0 Å². The minimum Gasteiger partial charge on any atom is -0.347 e. The van der Waals surface area contributed by atoms with Gasteiger partial charge in [0.2, 0.25) is 0 Å². The number of likely N-dealkylation sites (tertiary alicyclic amines) is 1. The van der Waals surface area contributed by atoms with Gasteiger partial charge in [-0.3, -0.25) is 0 Å². The van der Waals surface area contributed by atoms with Crippen molar-refractivity contribution in [2.24, 2.45) is 11.8 Å². The SMILES string of the molecule is CCC[C@@H]1C[C@H]1NC(=O)N1CCC[C@@H](C2(C)OCCO2)C1. The van der Waals surface area contributed by atoms with Crippen molar-refractivity contribution in [2.45, 2.75) is 57.8 Å². The van der Waals surface area contributed by atoms with E-state index in [1.54, 1.807) is 0 Å². The van der Waals surface area contributed by atoms with Crippen molar-refractivity contribution < 1.29 is 14.3 Å². The third kappa shape index (κ3) is 3.34. The first kappa shape index (κ1) is 15.1. The van der Waals surface area contributed by atoms with Crippen LogP contribution in [0.1, 0.15) is 46.0 Å². The summed E-state index contributed by atoms with van der Waals surface area (Å²) < 4.78 is 11.5. The van der Waals surface area contributed by atoms with E-state index in [0.717, 1.165) is 32.4 Å². The Morgan fingerprint density at radius 3 is 2.86 bits per heavy atom. The molecule has 1 N–H and O–H groups in total. The van der Waals surface area contributed by atoms with Crippen LogP contribution in [0.2, 0.25) is 0 Å². The number of carbonyl (C=O) groups is 1. The first-order valence-electron chi connectivity index (χ1n) is 8.45. The van der Waals surface area contributed by atoms with Crippen molar-refractivity contribution in [3.05, 3.63) is 0 Å². The molecule has 2 saturated heterocycles. The van der Waals surface area contributed by atoms with Gasteiger partial charge in [0.05, 0.1) is 13.2 Å². The molecular formula is C16H28N2O3. The van der Waals surface area contributed by atoms with Crippen LogP contribution >= 0.6 is 0 Å². The van der Waals surface area contributed by atoms with E-state index in [4.69, 9.17) is 9.47 Å². The number of nitrogens with one attached hydrogen (secondary N) is 1. The zero-order chi connectivity index (χ0) is 14.9. The van der Waals surface area contributed by atoms with Crippen LogP contribution in [-0.2, 0) is 9.47 Å². The molecule has 2 amide bonds. The molecule has 0 aromatic carbocycles. The van der Waals surface area contributed by atoms with Crippen molar-refractivity contribution in [2.75, 3.05) is 26.3 Å². The molecule has 1 aliphatic carbocycles. The summed E-state index contributed by atoms with van der Waals surface area (Å²) in [4.78, 5) is 14.3. The number of nitrogens with zero attached hydrogens (tertiary/aromatic N) is 1. The van der Waals surface area contributed by atoms with Crippen LogP contribution in [0.15, 0.2) is 0 Å². The van der Waals surface area contributed by atoms with Gasteiger partial charge in [-0.25, -0.2) is 4.79 Å². The molecule has 2 aliphatic heterocycles. The van der Waals surface area contributed by atoms with Crippen molar-refractivity contribution in [3.63, 3.8) is 0 Å². The van der Waals surface area contributed by atoms with Gasteiger partial charge in [-0.15, -0.1) is 0 Å². The highest BCUT2D eigenvalue weighted by Gasteiger charge is 2.43. The van der Waals surface area contributed by atoms with Crippen molar-refractivity contribution >= 4 is 6.03 Å². The van der Waals surface area contributed by atoms with Crippen LogP contribution in [0.25, 0.3) is 0 Å². The molecule has 3 fully saturated rings. The molecule has 2 heterocycles. The Morgan fingerprint density at radius 2 is 2.14 bits per heavy atom. The number of hydrogen-bond donors (Lipinski definition) is 1. The first-order chi connectivity index (χ1) is 10.1. The largest absolute Gasteiger partial charge is 0.347 e. The molecule has 21 heavy (non-hydrogen) atoms. The number of piperidine rings is 1. The Labute approximate surface area is 127 Å². The lowest BCUT2D eigenvalue weighted by Crippen LogP contribution is -2.51. The van der Waals surface area contributed by atoms with E-state index in [0.29, 0.717) is 25.2 Å². The van der Waals surface area contributed by atoms with Gasteiger partial charge in [-0.1, -0.05) is 13.3 Å². The van der Waals surface area contributed by atoms with E-state index in [9.17, 15) is 4.79 Å². The summed E-state index contributed by atoms with van der Waals surface area (Å²) >= 11 is 0. The predicted molar refractivity (Wildman–Crippen MR) is 79.9 cm³/mol. The van der Waals surface area contributed by atoms with E-state index >= 15 is 0 Å². The minimum absolute atomic E-state index is 0.102. The second-order valence-electron chi connectivity index (χ2n) is 6.84. The second-order valence-corrected chi connectivity index (χ2v) is 6.84. The number of carbonyl (C=O) groups excluding carboxylic acids is 1. The third-order valence-electron chi connectivity index (χ3n) is 5.20. The monoisotopic (exact) mass is 296 g/mol. The molecule has 1 saturated carbocycles. The van der Waals surface area contributed by atoms with Gasteiger partial charge in [0.1, 0.15) is 0 Å². The van der Waals surface area contributed by atoms with Gasteiger partial charge in [-0.05, 0) is 38.5 Å². The van der Waals surface area contributed by atoms with Crippen molar-refractivity contribution in [1.82, 2.24) is 10.2 Å². The fraction of sp³-hybridized carbons (Fsp3) is 0.938. The smallest absolute Gasteiger partial charge is 0.317 e. The molecule has 5 heteroatoms. The van der Waals surface area contributed by atoms with E-state index in [1.165, 1.54) is 12.8 Å².